The first-order chi connectivity index (χ1) is 5.72. The van der Waals surface area contributed by atoms with Crippen molar-refractivity contribution in [1.82, 2.24) is 5.32 Å². The van der Waals surface area contributed by atoms with Gasteiger partial charge < -0.3 is 16.2 Å². The standard InChI is InChI=1S/C8H18N2O2/c1-2-3-4-5-10-8(12)7(9)6-11/h7,11H,2-6,9H2,1H3,(H,10,12). The van der Waals surface area contributed by atoms with Gasteiger partial charge in [0.25, 0.3) is 0 Å². The van der Waals surface area contributed by atoms with Gasteiger partial charge in [0, 0.05) is 6.54 Å². The van der Waals surface area contributed by atoms with Crippen molar-refractivity contribution in [2.24, 2.45) is 5.73 Å². The molecule has 4 N–H and O–H groups in total. The van der Waals surface area contributed by atoms with E-state index in [0.29, 0.717) is 6.54 Å². The zero-order valence-corrected chi connectivity index (χ0v) is 7.55. The van der Waals surface area contributed by atoms with Crippen LogP contribution in [0.25, 0.3) is 0 Å². The minimum absolute atomic E-state index is 0.270. The van der Waals surface area contributed by atoms with Gasteiger partial charge in [0.2, 0.25) is 5.91 Å². The molecule has 0 aromatic carbocycles. The number of hydrogen-bond acceptors (Lipinski definition) is 3. The lowest BCUT2D eigenvalue weighted by Crippen LogP contribution is -2.43. The van der Waals surface area contributed by atoms with E-state index in [0.717, 1.165) is 19.3 Å². The number of rotatable bonds is 6. The third-order valence-electron chi connectivity index (χ3n) is 1.61. The molecule has 0 fully saturated rings. The van der Waals surface area contributed by atoms with Crippen LogP contribution in [-0.2, 0) is 4.79 Å². The highest BCUT2D eigenvalue weighted by Gasteiger charge is 2.09. The molecule has 0 saturated heterocycles. The van der Waals surface area contributed by atoms with Gasteiger partial charge in [0.15, 0.2) is 0 Å². The van der Waals surface area contributed by atoms with E-state index in [2.05, 4.69) is 12.2 Å². The number of carbonyl (C=O) groups is 1. The molecule has 0 aromatic rings. The summed E-state index contributed by atoms with van der Waals surface area (Å²) in [5, 5.41) is 11.2. The zero-order valence-electron chi connectivity index (χ0n) is 7.55. The normalized spacial score (nSPS) is 12.6. The van der Waals surface area contributed by atoms with Crippen LogP contribution >= 0.6 is 0 Å². The Bertz CT molecular complexity index is 128. The average molecular weight is 174 g/mol. The van der Waals surface area contributed by atoms with Crippen LogP contribution in [0.2, 0.25) is 0 Å². The van der Waals surface area contributed by atoms with Gasteiger partial charge in [-0.3, -0.25) is 4.79 Å². The molecule has 0 spiro atoms. The van der Waals surface area contributed by atoms with Crippen LogP contribution in [0.4, 0.5) is 0 Å². The number of nitrogens with one attached hydrogen (secondary N) is 1. The Hall–Kier alpha value is -0.610. The molecule has 0 saturated carbocycles. The predicted molar refractivity (Wildman–Crippen MR) is 47.6 cm³/mol. The molecule has 1 atom stereocenters. The molecular formula is C8H18N2O2. The largest absolute Gasteiger partial charge is 0.394 e. The van der Waals surface area contributed by atoms with Crippen molar-refractivity contribution < 1.29 is 9.90 Å². The van der Waals surface area contributed by atoms with Crippen LogP contribution in [0.1, 0.15) is 26.2 Å². The fourth-order valence-corrected chi connectivity index (χ4v) is 0.801. The number of hydrogen-bond donors (Lipinski definition) is 3. The summed E-state index contributed by atoms with van der Waals surface area (Å²) in [6.07, 6.45) is 3.21. The quantitative estimate of drug-likeness (QED) is 0.480. The van der Waals surface area contributed by atoms with Gasteiger partial charge >= 0.3 is 0 Å². The first-order valence-electron chi connectivity index (χ1n) is 4.36. The molecule has 0 rings (SSSR count). The lowest BCUT2D eigenvalue weighted by Gasteiger charge is -2.08. The topological polar surface area (TPSA) is 75.4 Å². The van der Waals surface area contributed by atoms with E-state index in [1.54, 1.807) is 0 Å². The van der Waals surface area contributed by atoms with E-state index in [-0.39, 0.29) is 12.5 Å². The first kappa shape index (κ1) is 11.4. The Morgan fingerprint density at radius 3 is 2.75 bits per heavy atom. The first-order valence-corrected chi connectivity index (χ1v) is 4.36. The number of amides is 1. The van der Waals surface area contributed by atoms with Gasteiger partial charge in [0.1, 0.15) is 6.04 Å². The van der Waals surface area contributed by atoms with Gasteiger partial charge in [-0.05, 0) is 6.42 Å². The van der Waals surface area contributed by atoms with Gasteiger partial charge in [-0.2, -0.15) is 0 Å². The number of unbranched alkanes of at least 4 members (excludes halogenated alkanes) is 2. The maximum Gasteiger partial charge on any atom is 0.239 e. The van der Waals surface area contributed by atoms with E-state index >= 15 is 0 Å². The van der Waals surface area contributed by atoms with E-state index in [9.17, 15) is 4.79 Å². The lowest BCUT2D eigenvalue weighted by molar-refractivity contribution is -0.123. The molecule has 0 radical (unpaired) electrons. The Kier molecular flexibility index (Phi) is 6.70. The summed E-state index contributed by atoms with van der Waals surface area (Å²) in [6, 6.07) is -0.772. The predicted octanol–water partition coefficient (Wildman–Crippen LogP) is -0.388. The highest BCUT2D eigenvalue weighted by molar-refractivity contribution is 5.81. The van der Waals surface area contributed by atoms with Crippen molar-refractivity contribution in [2.45, 2.75) is 32.2 Å². The molecule has 0 heterocycles. The Balaban J connectivity index is 3.31. The van der Waals surface area contributed by atoms with E-state index in [4.69, 9.17) is 10.8 Å². The molecule has 72 valence electrons. The van der Waals surface area contributed by atoms with Gasteiger partial charge in [-0.25, -0.2) is 0 Å². The molecule has 12 heavy (non-hydrogen) atoms. The summed E-state index contributed by atoms with van der Waals surface area (Å²) in [7, 11) is 0. The summed E-state index contributed by atoms with van der Waals surface area (Å²) in [6.45, 7) is 2.46. The van der Waals surface area contributed by atoms with Crippen molar-refractivity contribution in [3.8, 4) is 0 Å². The van der Waals surface area contributed by atoms with Gasteiger partial charge in [-0.1, -0.05) is 19.8 Å². The minimum Gasteiger partial charge on any atom is -0.394 e. The number of carbonyl (C=O) groups excluding carboxylic acids is 1. The molecule has 1 amide bonds. The molecule has 0 aliphatic rings. The molecular weight excluding hydrogens is 156 g/mol. The molecule has 4 heteroatoms. The van der Waals surface area contributed by atoms with E-state index in [1.807, 2.05) is 0 Å². The Morgan fingerprint density at radius 1 is 1.58 bits per heavy atom. The van der Waals surface area contributed by atoms with Crippen LogP contribution in [0.15, 0.2) is 0 Å². The monoisotopic (exact) mass is 174 g/mol. The maximum absolute atomic E-state index is 10.9. The number of aliphatic hydroxyl groups excluding tert-OH is 1. The van der Waals surface area contributed by atoms with E-state index in [1.165, 1.54) is 0 Å². The molecule has 0 aliphatic carbocycles. The molecule has 0 aliphatic heterocycles. The van der Waals surface area contributed by atoms with Gasteiger partial charge in [0.05, 0.1) is 6.61 Å². The Labute approximate surface area is 73.1 Å². The smallest absolute Gasteiger partial charge is 0.239 e. The molecule has 1 unspecified atom stereocenters. The second-order valence-electron chi connectivity index (χ2n) is 2.79. The van der Waals surface area contributed by atoms with Crippen molar-refractivity contribution in [1.29, 1.82) is 0 Å². The SMILES string of the molecule is CCCCCNC(=O)C(N)CO. The number of nitrogens with two attached hydrogens (primary N) is 1. The highest BCUT2D eigenvalue weighted by atomic mass is 16.3. The summed E-state index contributed by atoms with van der Waals surface area (Å²) >= 11 is 0. The van der Waals surface area contributed by atoms with Crippen molar-refractivity contribution in [2.75, 3.05) is 13.2 Å². The zero-order chi connectivity index (χ0) is 9.40. The third-order valence-corrected chi connectivity index (χ3v) is 1.61. The second-order valence-corrected chi connectivity index (χ2v) is 2.79. The molecule has 0 aromatic heterocycles. The van der Waals surface area contributed by atoms with Crippen molar-refractivity contribution >= 4 is 5.91 Å². The van der Waals surface area contributed by atoms with Gasteiger partial charge in [-0.15, -0.1) is 0 Å². The molecule has 4 nitrogen and oxygen atoms in total. The maximum atomic E-state index is 10.9. The summed E-state index contributed by atoms with van der Waals surface area (Å²) in [4.78, 5) is 10.9. The van der Waals surface area contributed by atoms with Crippen LogP contribution in [-0.4, -0.2) is 30.2 Å². The number of aliphatic hydroxyl groups is 1. The van der Waals surface area contributed by atoms with Crippen LogP contribution in [0.3, 0.4) is 0 Å². The lowest BCUT2D eigenvalue weighted by atomic mass is 10.2. The van der Waals surface area contributed by atoms with Crippen molar-refractivity contribution in [3.63, 3.8) is 0 Å². The highest BCUT2D eigenvalue weighted by Crippen LogP contribution is 1.91. The summed E-state index contributed by atoms with van der Waals surface area (Å²) in [5.74, 6) is -0.270. The Morgan fingerprint density at radius 2 is 2.25 bits per heavy atom. The second kappa shape index (κ2) is 7.06. The third kappa shape index (κ3) is 5.09. The average Bonchev–Trinajstić information content (AvgIpc) is 2.10. The van der Waals surface area contributed by atoms with E-state index < -0.39 is 6.04 Å². The summed E-state index contributed by atoms with van der Waals surface area (Å²) in [5.41, 5.74) is 5.27. The van der Waals surface area contributed by atoms with Crippen LogP contribution in [0.5, 0.6) is 0 Å². The molecule has 0 bridgehead atoms. The van der Waals surface area contributed by atoms with Crippen molar-refractivity contribution in [3.05, 3.63) is 0 Å². The fraction of sp³-hybridized carbons (Fsp3) is 0.875. The fourth-order valence-electron chi connectivity index (χ4n) is 0.801. The minimum atomic E-state index is -0.772. The van der Waals surface area contributed by atoms with Crippen LogP contribution < -0.4 is 11.1 Å². The summed E-state index contributed by atoms with van der Waals surface area (Å²) < 4.78 is 0. The van der Waals surface area contributed by atoms with Crippen LogP contribution in [0, 0.1) is 0 Å².